The van der Waals surface area contributed by atoms with Crippen molar-refractivity contribution in [1.82, 2.24) is 0 Å². The predicted molar refractivity (Wildman–Crippen MR) is 78.6 cm³/mol. The molecule has 0 spiro atoms. The summed E-state index contributed by atoms with van der Waals surface area (Å²) in [6.45, 7) is 1.83. The van der Waals surface area contributed by atoms with Gasteiger partial charge in [0.15, 0.2) is 0 Å². The second-order valence-corrected chi connectivity index (χ2v) is 6.41. The minimum absolute atomic E-state index is 0.0328. The first-order chi connectivity index (χ1) is 9.79. The first kappa shape index (κ1) is 15.5. The molecule has 0 saturated carbocycles. The molecule has 0 atom stereocenters. The van der Waals surface area contributed by atoms with Gasteiger partial charge in [0, 0.05) is 0 Å². The Kier molecular flexibility index (Phi) is 4.29. The van der Waals surface area contributed by atoms with Crippen LogP contribution in [-0.2, 0) is 10.0 Å². The van der Waals surface area contributed by atoms with Crippen molar-refractivity contribution in [3.05, 3.63) is 59.4 Å². The Morgan fingerprint density at radius 1 is 1.14 bits per heavy atom. The highest BCUT2D eigenvalue weighted by atomic mass is 35.5. The van der Waals surface area contributed by atoms with E-state index in [9.17, 15) is 17.6 Å². The van der Waals surface area contributed by atoms with Gasteiger partial charge in [0.25, 0.3) is 15.3 Å². The van der Waals surface area contributed by atoms with Crippen LogP contribution in [0.2, 0.25) is 0 Å². The molecule has 4 nitrogen and oxygen atoms in total. The number of sulfonamides is 1. The van der Waals surface area contributed by atoms with Crippen molar-refractivity contribution in [2.24, 2.45) is 0 Å². The van der Waals surface area contributed by atoms with Gasteiger partial charge in [-0.2, -0.15) is 0 Å². The number of rotatable bonds is 4. The smallest absolute Gasteiger partial charge is 0.261 e. The van der Waals surface area contributed by atoms with E-state index in [1.165, 1.54) is 12.1 Å². The molecule has 0 aliphatic heterocycles. The number of aryl methyl sites for hydroxylation is 1. The number of anilines is 1. The van der Waals surface area contributed by atoms with Gasteiger partial charge in [-0.3, -0.25) is 9.52 Å². The fourth-order valence-corrected chi connectivity index (χ4v) is 2.93. The van der Waals surface area contributed by atoms with Crippen molar-refractivity contribution in [3.63, 3.8) is 0 Å². The van der Waals surface area contributed by atoms with E-state index in [0.29, 0.717) is 0 Å². The third-order valence-corrected chi connectivity index (χ3v) is 4.35. The molecule has 21 heavy (non-hydrogen) atoms. The molecule has 1 N–H and O–H groups in total. The number of hydrogen-bond acceptors (Lipinski definition) is 3. The summed E-state index contributed by atoms with van der Waals surface area (Å²) in [5.41, 5.74) is 0.594. The summed E-state index contributed by atoms with van der Waals surface area (Å²) in [5.74, 6) is -0.683. The van der Waals surface area contributed by atoms with Crippen molar-refractivity contribution in [2.75, 3.05) is 4.72 Å². The van der Waals surface area contributed by atoms with Crippen molar-refractivity contribution in [3.8, 4) is 0 Å². The molecule has 0 bridgehead atoms. The molecule has 0 radical (unpaired) electrons. The van der Waals surface area contributed by atoms with Crippen LogP contribution in [0, 0.1) is 12.7 Å². The van der Waals surface area contributed by atoms with Crippen molar-refractivity contribution in [2.45, 2.75) is 11.8 Å². The fraction of sp³-hybridized carbons (Fsp3) is 0.0714. The molecule has 0 saturated heterocycles. The standard InChI is InChI=1S/C14H11ClFNO3S/c1-9-2-5-11(6-3-9)21(19,20)17-13-7-4-10(16)8-12(13)14(15)18/h2-8,17H,1H3. The summed E-state index contributed by atoms with van der Waals surface area (Å²) >= 11 is 5.34. The van der Waals surface area contributed by atoms with Crippen LogP contribution >= 0.6 is 11.6 Å². The van der Waals surface area contributed by atoms with Gasteiger partial charge in [0.1, 0.15) is 5.82 Å². The number of hydrogen-bond donors (Lipinski definition) is 1. The van der Waals surface area contributed by atoms with Crippen LogP contribution in [-0.4, -0.2) is 13.7 Å². The second kappa shape index (κ2) is 5.83. The maximum Gasteiger partial charge on any atom is 0.261 e. The predicted octanol–water partition coefficient (Wildman–Crippen LogP) is 3.31. The lowest BCUT2D eigenvalue weighted by Crippen LogP contribution is -2.15. The van der Waals surface area contributed by atoms with Crippen LogP contribution in [0.4, 0.5) is 10.1 Å². The minimum atomic E-state index is -3.88. The number of carbonyl (C=O) groups is 1. The molecule has 2 aromatic carbocycles. The number of carbonyl (C=O) groups excluding carboxylic acids is 1. The first-order valence-corrected chi connectivity index (χ1v) is 7.74. The zero-order chi connectivity index (χ0) is 15.6. The highest BCUT2D eigenvalue weighted by Crippen LogP contribution is 2.23. The van der Waals surface area contributed by atoms with Crippen LogP contribution < -0.4 is 4.72 Å². The lowest BCUT2D eigenvalue weighted by atomic mass is 10.2. The average Bonchev–Trinajstić information content (AvgIpc) is 2.41. The van der Waals surface area contributed by atoms with Gasteiger partial charge in [0.2, 0.25) is 0 Å². The van der Waals surface area contributed by atoms with Crippen LogP contribution in [0.25, 0.3) is 0 Å². The summed E-state index contributed by atoms with van der Waals surface area (Å²) in [7, 11) is -3.88. The van der Waals surface area contributed by atoms with Crippen molar-refractivity contribution in [1.29, 1.82) is 0 Å². The molecule has 2 aromatic rings. The van der Waals surface area contributed by atoms with E-state index >= 15 is 0 Å². The Morgan fingerprint density at radius 3 is 2.33 bits per heavy atom. The normalized spacial score (nSPS) is 11.2. The minimum Gasteiger partial charge on any atom is -0.279 e. The first-order valence-electron chi connectivity index (χ1n) is 5.88. The summed E-state index contributed by atoms with van der Waals surface area (Å²) in [6.07, 6.45) is 0. The quantitative estimate of drug-likeness (QED) is 0.876. The molecule has 0 fully saturated rings. The monoisotopic (exact) mass is 327 g/mol. The Bertz CT molecular complexity index is 788. The van der Waals surface area contributed by atoms with Crippen molar-refractivity contribution < 1.29 is 17.6 Å². The number of benzene rings is 2. The zero-order valence-electron chi connectivity index (χ0n) is 10.9. The molecular weight excluding hydrogens is 317 g/mol. The molecule has 0 aromatic heterocycles. The van der Waals surface area contributed by atoms with Crippen LogP contribution in [0.5, 0.6) is 0 Å². The van der Waals surface area contributed by atoms with E-state index < -0.39 is 21.1 Å². The summed E-state index contributed by atoms with van der Waals surface area (Å²) < 4.78 is 39.8. The highest BCUT2D eigenvalue weighted by Gasteiger charge is 2.18. The maximum atomic E-state index is 13.1. The van der Waals surface area contributed by atoms with E-state index in [0.717, 1.165) is 23.8 Å². The number of nitrogens with one attached hydrogen (secondary N) is 1. The lowest BCUT2D eigenvalue weighted by Gasteiger charge is -2.11. The maximum absolute atomic E-state index is 13.1. The van der Waals surface area contributed by atoms with Gasteiger partial charge in [0.05, 0.1) is 16.1 Å². The zero-order valence-corrected chi connectivity index (χ0v) is 12.5. The summed E-state index contributed by atoms with van der Waals surface area (Å²) in [5, 5.41) is -0.948. The molecule has 0 aliphatic rings. The Balaban J connectivity index is 2.41. The molecule has 0 amide bonds. The van der Waals surface area contributed by atoms with E-state index in [1.54, 1.807) is 12.1 Å². The third-order valence-electron chi connectivity index (χ3n) is 2.77. The summed E-state index contributed by atoms with van der Waals surface area (Å²) in [4.78, 5) is 11.3. The average molecular weight is 328 g/mol. The van der Waals surface area contributed by atoms with Gasteiger partial charge in [-0.25, -0.2) is 12.8 Å². The van der Waals surface area contributed by atoms with E-state index in [2.05, 4.69) is 4.72 Å². The molecular formula is C14H11ClFNO3S. The van der Waals surface area contributed by atoms with Gasteiger partial charge in [-0.1, -0.05) is 17.7 Å². The van der Waals surface area contributed by atoms with Gasteiger partial charge < -0.3 is 0 Å². The van der Waals surface area contributed by atoms with Crippen LogP contribution in [0.3, 0.4) is 0 Å². The molecule has 0 unspecified atom stereocenters. The second-order valence-electron chi connectivity index (χ2n) is 4.38. The van der Waals surface area contributed by atoms with Crippen LogP contribution in [0.1, 0.15) is 15.9 Å². The topological polar surface area (TPSA) is 63.2 Å². The Labute approximate surface area is 126 Å². The largest absolute Gasteiger partial charge is 0.279 e. The molecule has 7 heteroatoms. The van der Waals surface area contributed by atoms with E-state index in [4.69, 9.17) is 11.6 Å². The number of halogens is 2. The fourth-order valence-electron chi connectivity index (χ4n) is 1.69. The SMILES string of the molecule is Cc1ccc(S(=O)(=O)Nc2ccc(F)cc2C(=O)Cl)cc1. The van der Waals surface area contributed by atoms with Crippen LogP contribution in [0.15, 0.2) is 47.4 Å². The molecule has 2 rings (SSSR count). The van der Waals surface area contributed by atoms with E-state index in [1.807, 2.05) is 6.92 Å². The summed E-state index contributed by atoms with van der Waals surface area (Å²) in [6, 6.07) is 9.22. The van der Waals surface area contributed by atoms with Crippen molar-refractivity contribution >= 4 is 32.6 Å². The third kappa shape index (κ3) is 3.59. The molecule has 0 heterocycles. The highest BCUT2D eigenvalue weighted by molar-refractivity contribution is 7.92. The Hall–Kier alpha value is -1.92. The van der Waals surface area contributed by atoms with E-state index in [-0.39, 0.29) is 16.1 Å². The van der Waals surface area contributed by atoms with Gasteiger partial charge in [-0.15, -0.1) is 0 Å². The van der Waals surface area contributed by atoms with Gasteiger partial charge in [-0.05, 0) is 48.9 Å². The molecule has 110 valence electrons. The Morgan fingerprint density at radius 2 is 1.76 bits per heavy atom. The van der Waals surface area contributed by atoms with Gasteiger partial charge >= 0.3 is 0 Å². The lowest BCUT2D eigenvalue weighted by molar-refractivity contribution is 0.108. The molecule has 0 aliphatic carbocycles.